The summed E-state index contributed by atoms with van der Waals surface area (Å²) < 4.78 is 16.5. The fourth-order valence-electron chi connectivity index (χ4n) is 4.20. The Hall–Kier alpha value is -1.96. The summed E-state index contributed by atoms with van der Waals surface area (Å²) in [6, 6.07) is 4.06. The molecule has 2 aromatic rings. The molecule has 7 nitrogen and oxygen atoms in total. The number of piperidine rings is 1. The van der Waals surface area contributed by atoms with E-state index >= 15 is 0 Å². The predicted octanol–water partition coefficient (Wildman–Crippen LogP) is 3.05. The van der Waals surface area contributed by atoms with E-state index in [0.29, 0.717) is 12.5 Å². The van der Waals surface area contributed by atoms with Gasteiger partial charge in [-0.05, 0) is 51.9 Å². The molecule has 0 unspecified atom stereocenters. The van der Waals surface area contributed by atoms with E-state index in [1.807, 2.05) is 6.07 Å². The van der Waals surface area contributed by atoms with E-state index in [1.165, 1.54) is 5.56 Å². The van der Waals surface area contributed by atoms with Gasteiger partial charge < -0.3 is 18.8 Å². The summed E-state index contributed by atoms with van der Waals surface area (Å²) in [6.07, 6.45) is 2.16. The minimum Gasteiger partial charge on any atom is -0.462 e. The van der Waals surface area contributed by atoms with Gasteiger partial charge in [0.25, 0.3) is 0 Å². The normalized spacial score (nSPS) is 19.1. The van der Waals surface area contributed by atoms with Crippen molar-refractivity contribution >= 4 is 5.82 Å². The highest BCUT2D eigenvalue weighted by Gasteiger charge is 2.26. The lowest BCUT2D eigenvalue weighted by atomic mass is 9.95. The molecule has 4 heterocycles. The zero-order valence-corrected chi connectivity index (χ0v) is 17.8. The van der Waals surface area contributed by atoms with E-state index in [1.54, 1.807) is 7.11 Å². The SMILES string of the molecule is COCc1ccc(CN2CCC(c3nc(C)c(C)c(N4CCOCC4)n3)CC2)o1. The molecule has 0 radical (unpaired) electrons. The average Bonchev–Trinajstić information content (AvgIpc) is 3.18. The summed E-state index contributed by atoms with van der Waals surface area (Å²) in [5.74, 6) is 4.42. The summed E-state index contributed by atoms with van der Waals surface area (Å²) in [5.41, 5.74) is 2.29. The molecule has 29 heavy (non-hydrogen) atoms. The van der Waals surface area contributed by atoms with Crippen LogP contribution in [0.5, 0.6) is 0 Å². The van der Waals surface area contributed by atoms with Crippen molar-refractivity contribution in [2.45, 2.75) is 45.8 Å². The standard InChI is InChI=1S/C22H32N4O3/c1-16-17(2)23-21(24-22(16)26-10-12-28-13-11-26)18-6-8-25(9-7-18)14-19-4-5-20(29-19)15-27-3/h4-5,18H,6-15H2,1-3H3. The van der Waals surface area contributed by atoms with Gasteiger partial charge in [-0.25, -0.2) is 9.97 Å². The molecule has 0 aliphatic carbocycles. The predicted molar refractivity (Wildman–Crippen MR) is 111 cm³/mol. The summed E-state index contributed by atoms with van der Waals surface area (Å²) >= 11 is 0. The van der Waals surface area contributed by atoms with Gasteiger partial charge >= 0.3 is 0 Å². The van der Waals surface area contributed by atoms with Crippen molar-refractivity contribution in [2.24, 2.45) is 0 Å². The number of ether oxygens (including phenoxy) is 2. The number of hydrogen-bond acceptors (Lipinski definition) is 7. The Morgan fingerprint density at radius 2 is 1.76 bits per heavy atom. The summed E-state index contributed by atoms with van der Waals surface area (Å²) in [4.78, 5) is 14.7. The van der Waals surface area contributed by atoms with Crippen molar-refractivity contribution < 1.29 is 13.9 Å². The van der Waals surface area contributed by atoms with Gasteiger partial charge in [-0.15, -0.1) is 0 Å². The lowest BCUT2D eigenvalue weighted by Gasteiger charge is -2.33. The van der Waals surface area contributed by atoms with E-state index in [2.05, 4.69) is 29.7 Å². The van der Waals surface area contributed by atoms with Crippen LogP contribution in [0.4, 0.5) is 5.82 Å². The molecule has 0 saturated carbocycles. The molecule has 0 bridgehead atoms. The van der Waals surface area contributed by atoms with Gasteiger partial charge in [0, 0.05) is 37.4 Å². The highest BCUT2D eigenvalue weighted by molar-refractivity contribution is 5.48. The highest BCUT2D eigenvalue weighted by atomic mass is 16.5. The zero-order valence-electron chi connectivity index (χ0n) is 17.8. The Bertz CT molecular complexity index is 808. The molecule has 4 rings (SSSR count). The van der Waals surface area contributed by atoms with Crippen molar-refractivity contribution in [3.8, 4) is 0 Å². The van der Waals surface area contributed by atoms with E-state index in [4.69, 9.17) is 23.9 Å². The number of anilines is 1. The van der Waals surface area contributed by atoms with E-state index < -0.39 is 0 Å². The molecule has 2 saturated heterocycles. The Kier molecular flexibility index (Phi) is 6.47. The smallest absolute Gasteiger partial charge is 0.135 e. The van der Waals surface area contributed by atoms with Crippen LogP contribution < -0.4 is 4.90 Å². The van der Waals surface area contributed by atoms with E-state index in [-0.39, 0.29) is 0 Å². The topological polar surface area (TPSA) is 63.9 Å². The second kappa shape index (κ2) is 9.24. The van der Waals surface area contributed by atoms with Crippen LogP contribution in [-0.2, 0) is 22.6 Å². The Balaban J connectivity index is 1.39. The second-order valence-electron chi connectivity index (χ2n) is 8.07. The van der Waals surface area contributed by atoms with Gasteiger partial charge in [-0.2, -0.15) is 0 Å². The molecule has 2 aliphatic heterocycles. The lowest BCUT2D eigenvalue weighted by molar-refractivity contribution is 0.122. The van der Waals surface area contributed by atoms with Crippen molar-refractivity contribution in [2.75, 3.05) is 51.4 Å². The molecule has 0 amide bonds. The quantitative estimate of drug-likeness (QED) is 0.738. The third-order valence-electron chi connectivity index (χ3n) is 6.03. The van der Waals surface area contributed by atoms with Gasteiger partial charge in [-0.3, -0.25) is 4.90 Å². The third kappa shape index (κ3) is 4.79. The fraction of sp³-hybridized carbons (Fsp3) is 0.636. The van der Waals surface area contributed by atoms with Crippen LogP contribution in [0.25, 0.3) is 0 Å². The number of morpholine rings is 1. The molecular weight excluding hydrogens is 368 g/mol. The first-order chi connectivity index (χ1) is 14.1. The first kappa shape index (κ1) is 20.3. The van der Waals surface area contributed by atoms with Crippen LogP contribution in [0, 0.1) is 13.8 Å². The molecule has 2 aliphatic rings. The average molecular weight is 401 g/mol. The van der Waals surface area contributed by atoms with Gasteiger partial charge in [-0.1, -0.05) is 0 Å². The summed E-state index contributed by atoms with van der Waals surface area (Å²) in [5, 5.41) is 0. The van der Waals surface area contributed by atoms with Crippen molar-refractivity contribution in [3.63, 3.8) is 0 Å². The van der Waals surface area contributed by atoms with Gasteiger partial charge in [0.05, 0.1) is 19.8 Å². The van der Waals surface area contributed by atoms with Crippen LogP contribution in [0.1, 0.15) is 47.4 Å². The minimum absolute atomic E-state index is 0.422. The summed E-state index contributed by atoms with van der Waals surface area (Å²) in [7, 11) is 1.69. The molecular formula is C22H32N4O3. The summed E-state index contributed by atoms with van der Waals surface area (Å²) in [6.45, 7) is 11.0. The number of aromatic nitrogens is 2. The number of likely N-dealkylation sites (tertiary alicyclic amines) is 1. The van der Waals surface area contributed by atoms with Crippen LogP contribution in [0.2, 0.25) is 0 Å². The number of hydrogen-bond donors (Lipinski definition) is 0. The van der Waals surface area contributed by atoms with Crippen LogP contribution in [0.15, 0.2) is 16.5 Å². The Labute approximate surface area is 173 Å². The van der Waals surface area contributed by atoms with Gasteiger partial charge in [0.1, 0.15) is 29.8 Å². The van der Waals surface area contributed by atoms with Crippen LogP contribution >= 0.6 is 0 Å². The number of nitrogens with zero attached hydrogens (tertiary/aromatic N) is 4. The second-order valence-corrected chi connectivity index (χ2v) is 8.07. The maximum Gasteiger partial charge on any atom is 0.135 e. The molecule has 0 N–H and O–H groups in total. The molecule has 158 valence electrons. The molecule has 0 atom stereocenters. The number of aryl methyl sites for hydroxylation is 1. The zero-order chi connectivity index (χ0) is 20.2. The number of methoxy groups -OCH3 is 1. The molecule has 7 heteroatoms. The molecule has 2 aromatic heterocycles. The monoisotopic (exact) mass is 400 g/mol. The fourth-order valence-corrected chi connectivity index (χ4v) is 4.20. The van der Waals surface area contributed by atoms with E-state index in [9.17, 15) is 0 Å². The lowest BCUT2D eigenvalue weighted by Crippen LogP contribution is -2.38. The maximum absolute atomic E-state index is 5.84. The maximum atomic E-state index is 5.84. The first-order valence-electron chi connectivity index (χ1n) is 10.6. The number of rotatable bonds is 6. The minimum atomic E-state index is 0.422. The van der Waals surface area contributed by atoms with E-state index in [0.717, 1.165) is 87.6 Å². The molecule has 0 aromatic carbocycles. The van der Waals surface area contributed by atoms with Crippen LogP contribution in [0.3, 0.4) is 0 Å². The van der Waals surface area contributed by atoms with Crippen molar-refractivity contribution in [1.29, 1.82) is 0 Å². The van der Waals surface area contributed by atoms with Crippen molar-refractivity contribution in [3.05, 3.63) is 40.7 Å². The van der Waals surface area contributed by atoms with Crippen molar-refractivity contribution in [1.82, 2.24) is 14.9 Å². The van der Waals surface area contributed by atoms with Gasteiger partial charge in [0.15, 0.2) is 0 Å². The molecule has 0 spiro atoms. The molecule has 2 fully saturated rings. The highest BCUT2D eigenvalue weighted by Crippen LogP contribution is 2.30. The van der Waals surface area contributed by atoms with Crippen LogP contribution in [-0.4, -0.2) is 61.4 Å². The third-order valence-corrected chi connectivity index (χ3v) is 6.03. The number of furan rings is 1. The Morgan fingerprint density at radius 3 is 2.48 bits per heavy atom. The van der Waals surface area contributed by atoms with Gasteiger partial charge in [0.2, 0.25) is 0 Å². The largest absolute Gasteiger partial charge is 0.462 e. The Morgan fingerprint density at radius 1 is 1.03 bits per heavy atom. The first-order valence-corrected chi connectivity index (χ1v) is 10.6.